The number of carbonyl (C=O) groups excluding carboxylic acids is 2. The zero-order chi connectivity index (χ0) is 21.4. The molecule has 30 heavy (non-hydrogen) atoms. The zero-order valence-electron chi connectivity index (χ0n) is 16.9. The number of ether oxygens (including phenoxy) is 1. The first-order valence-corrected chi connectivity index (χ1v) is 9.49. The van der Waals surface area contributed by atoms with Crippen LogP contribution in [0.4, 0.5) is 5.69 Å². The van der Waals surface area contributed by atoms with E-state index in [1.807, 2.05) is 19.1 Å². The highest BCUT2D eigenvalue weighted by molar-refractivity contribution is 6.51. The number of aryl methyl sites for hydroxylation is 2. The number of furan rings is 1. The summed E-state index contributed by atoms with van der Waals surface area (Å²) in [5.74, 6) is -0.188. The number of aliphatic hydroxyl groups is 1. The molecule has 152 valence electrons. The summed E-state index contributed by atoms with van der Waals surface area (Å²) in [6.45, 7) is 3.65. The Labute approximate surface area is 174 Å². The molecule has 3 aromatic rings. The molecule has 6 nitrogen and oxygen atoms in total. The molecule has 1 aliphatic rings. The second-order valence-electron chi connectivity index (χ2n) is 7.14. The van der Waals surface area contributed by atoms with Gasteiger partial charge in [-0.25, -0.2) is 0 Å². The zero-order valence-corrected chi connectivity index (χ0v) is 16.9. The number of benzene rings is 2. The number of nitrogens with zero attached hydrogens (tertiary/aromatic N) is 1. The quantitative estimate of drug-likeness (QED) is 0.393. The van der Waals surface area contributed by atoms with Gasteiger partial charge in [0.15, 0.2) is 0 Å². The molecule has 2 aromatic carbocycles. The Hall–Kier alpha value is -3.80. The van der Waals surface area contributed by atoms with Crippen LogP contribution in [0.1, 0.15) is 28.7 Å². The lowest BCUT2D eigenvalue weighted by molar-refractivity contribution is -0.132. The number of aliphatic hydroxyl groups excluding tert-OH is 1. The van der Waals surface area contributed by atoms with Gasteiger partial charge in [-0.15, -0.1) is 0 Å². The van der Waals surface area contributed by atoms with Crippen LogP contribution in [-0.2, 0) is 9.59 Å². The van der Waals surface area contributed by atoms with Gasteiger partial charge in [0.05, 0.1) is 12.7 Å². The van der Waals surface area contributed by atoms with Gasteiger partial charge in [-0.05, 0) is 49.7 Å². The van der Waals surface area contributed by atoms with Gasteiger partial charge in [-0.3, -0.25) is 14.5 Å². The van der Waals surface area contributed by atoms with E-state index in [9.17, 15) is 14.7 Å². The van der Waals surface area contributed by atoms with Crippen molar-refractivity contribution < 1.29 is 23.8 Å². The Morgan fingerprint density at radius 3 is 2.47 bits per heavy atom. The van der Waals surface area contributed by atoms with Gasteiger partial charge in [-0.2, -0.15) is 0 Å². The fourth-order valence-corrected chi connectivity index (χ4v) is 3.71. The first-order chi connectivity index (χ1) is 14.4. The van der Waals surface area contributed by atoms with Gasteiger partial charge in [0.25, 0.3) is 11.7 Å². The molecule has 6 heteroatoms. The number of carbonyl (C=O) groups is 2. The topological polar surface area (TPSA) is 80.0 Å². The van der Waals surface area contributed by atoms with E-state index in [4.69, 9.17) is 9.15 Å². The van der Waals surface area contributed by atoms with Crippen LogP contribution in [0.2, 0.25) is 0 Å². The van der Waals surface area contributed by atoms with Crippen LogP contribution in [0.25, 0.3) is 5.76 Å². The highest BCUT2D eigenvalue weighted by Gasteiger charge is 2.48. The van der Waals surface area contributed by atoms with Gasteiger partial charge in [-0.1, -0.05) is 30.3 Å². The number of anilines is 1. The molecular weight excluding hydrogens is 382 g/mol. The molecule has 1 unspecified atom stereocenters. The molecule has 2 heterocycles. The van der Waals surface area contributed by atoms with E-state index in [2.05, 4.69) is 0 Å². The van der Waals surface area contributed by atoms with E-state index in [0.717, 1.165) is 5.56 Å². The SMILES string of the molecule is COc1cccc(/C(O)=C2/C(=O)C(=O)N(c3ccccc3C)C2c2ccc(C)o2)c1. The molecule has 0 saturated carbocycles. The van der Waals surface area contributed by atoms with E-state index in [1.54, 1.807) is 55.5 Å². The fraction of sp³-hybridized carbons (Fsp3) is 0.167. The largest absolute Gasteiger partial charge is 0.507 e. The van der Waals surface area contributed by atoms with Gasteiger partial charge in [0, 0.05) is 11.3 Å². The van der Waals surface area contributed by atoms with Crippen molar-refractivity contribution >= 4 is 23.1 Å². The highest BCUT2D eigenvalue weighted by Crippen LogP contribution is 2.43. The maximum Gasteiger partial charge on any atom is 0.300 e. The summed E-state index contributed by atoms with van der Waals surface area (Å²) < 4.78 is 11.0. The van der Waals surface area contributed by atoms with Crippen molar-refractivity contribution in [1.82, 2.24) is 0 Å². The molecule has 1 saturated heterocycles. The Bertz CT molecular complexity index is 1170. The molecular formula is C24H21NO5. The summed E-state index contributed by atoms with van der Waals surface area (Å²) in [4.78, 5) is 27.6. The van der Waals surface area contributed by atoms with Gasteiger partial charge < -0.3 is 14.3 Å². The molecule has 1 fully saturated rings. The molecule has 0 radical (unpaired) electrons. The minimum absolute atomic E-state index is 0.0224. The number of hydrogen-bond acceptors (Lipinski definition) is 5. The van der Waals surface area contributed by atoms with Crippen molar-refractivity contribution in [3.05, 3.63) is 88.9 Å². The number of Topliss-reactive ketones (excluding diaryl/α,β-unsaturated/α-hetero) is 1. The number of rotatable bonds is 4. The van der Waals surface area contributed by atoms with E-state index >= 15 is 0 Å². The van der Waals surface area contributed by atoms with Crippen LogP contribution in [0.3, 0.4) is 0 Å². The van der Waals surface area contributed by atoms with Crippen molar-refractivity contribution in [2.75, 3.05) is 12.0 Å². The van der Waals surface area contributed by atoms with Crippen LogP contribution in [0, 0.1) is 13.8 Å². The number of amides is 1. The fourth-order valence-electron chi connectivity index (χ4n) is 3.71. The average Bonchev–Trinajstić information content (AvgIpc) is 3.29. The number of hydrogen-bond donors (Lipinski definition) is 1. The van der Waals surface area contributed by atoms with Crippen molar-refractivity contribution in [2.24, 2.45) is 0 Å². The third kappa shape index (κ3) is 3.16. The smallest absolute Gasteiger partial charge is 0.300 e. The van der Waals surface area contributed by atoms with Gasteiger partial charge in [0.1, 0.15) is 29.1 Å². The molecule has 1 atom stereocenters. The highest BCUT2D eigenvalue weighted by atomic mass is 16.5. The lowest BCUT2D eigenvalue weighted by Gasteiger charge is -2.25. The summed E-state index contributed by atoms with van der Waals surface area (Å²) >= 11 is 0. The maximum absolute atomic E-state index is 13.1. The maximum atomic E-state index is 13.1. The Morgan fingerprint density at radius 2 is 1.80 bits per heavy atom. The second-order valence-corrected chi connectivity index (χ2v) is 7.14. The normalized spacial score (nSPS) is 18.1. The summed E-state index contributed by atoms with van der Waals surface area (Å²) in [6.07, 6.45) is 0. The third-order valence-electron chi connectivity index (χ3n) is 5.19. The van der Waals surface area contributed by atoms with Crippen molar-refractivity contribution in [1.29, 1.82) is 0 Å². The Morgan fingerprint density at radius 1 is 1.03 bits per heavy atom. The lowest BCUT2D eigenvalue weighted by Crippen LogP contribution is -2.29. The monoisotopic (exact) mass is 403 g/mol. The van der Waals surface area contributed by atoms with Crippen molar-refractivity contribution in [2.45, 2.75) is 19.9 Å². The minimum Gasteiger partial charge on any atom is -0.507 e. The van der Waals surface area contributed by atoms with E-state index < -0.39 is 17.7 Å². The predicted molar refractivity (Wildman–Crippen MR) is 112 cm³/mol. The average molecular weight is 403 g/mol. The summed E-state index contributed by atoms with van der Waals surface area (Å²) in [5.41, 5.74) is 1.77. The first-order valence-electron chi connectivity index (χ1n) is 9.49. The molecule has 1 amide bonds. The molecule has 4 rings (SSSR count). The van der Waals surface area contributed by atoms with E-state index in [1.165, 1.54) is 12.0 Å². The summed E-state index contributed by atoms with van der Waals surface area (Å²) in [5, 5.41) is 11.1. The summed E-state index contributed by atoms with van der Waals surface area (Å²) in [6, 6.07) is 16.6. The van der Waals surface area contributed by atoms with E-state index in [0.29, 0.717) is 28.5 Å². The lowest BCUT2D eigenvalue weighted by atomic mass is 9.99. The molecule has 1 aromatic heterocycles. The second kappa shape index (κ2) is 7.55. The van der Waals surface area contributed by atoms with Crippen LogP contribution in [0.15, 0.2) is 70.7 Å². The predicted octanol–water partition coefficient (Wildman–Crippen LogP) is 4.53. The number of methoxy groups -OCH3 is 1. The molecule has 1 N–H and O–H groups in total. The Kier molecular flexibility index (Phi) is 4.91. The minimum atomic E-state index is -0.883. The van der Waals surface area contributed by atoms with Crippen molar-refractivity contribution in [3.63, 3.8) is 0 Å². The van der Waals surface area contributed by atoms with Crippen LogP contribution in [0.5, 0.6) is 5.75 Å². The third-order valence-corrected chi connectivity index (χ3v) is 5.19. The van der Waals surface area contributed by atoms with Crippen LogP contribution >= 0.6 is 0 Å². The molecule has 0 aliphatic carbocycles. The van der Waals surface area contributed by atoms with Crippen LogP contribution < -0.4 is 9.64 Å². The van der Waals surface area contributed by atoms with Gasteiger partial charge >= 0.3 is 0 Å². The number of para-hydroxylation sites is 1. The van der Waals surface area contributed by atoms with E-state index in [-0.39, 0.29) is 11.3 Å². The molecule has 0 spiro atoms. The molecule has 1 aliphatic heterocycles. The molecule has 0 bridgehead atoms. The Balaban J connectivity index is 1.96. The standard InChI is InChI=1S/C24H21NO5/c1-14-7-4-5-10-18(14)25-21(19-12-11-15(2)30-19)20(23(27)24(25)28)22(26)16-8-6-9-17(13-16)29-3/h4-13,21,26H,1-3H3/b22-20-. The van der Waals surface area contributed by atoms with Crippen molar-refractivity contribution in [3.8, 4) is 5.75 Å². The van der Waals surface area contributed by atoms with Gasteiger partial charge in [0.2, 0.25) is 0 Å². The summed E-state index contributed by atoms with van der Waals surface area (Å²) in [7, 11) is 1.52. The number of ketones is 1. The van der Waals surface area contributed by atoms with Crippen LogP contribution in [-0.4, -0.2) is 23.9 Å². The first kappa shape index (κ1) is 19.5.